The lowest BCUT2D eigenvalue weighted by molar-refractivity contribution is -0.132. The van der Waals surface area contributed by atoms with Crippen molar-refractivity contribution in [1.29, 1.82) is 0 Å². The van der Waals surface area contributed by atoms with Crippen LogP contribution in [-0.4, -0.2) is 29.7 Å². The minimum atomic E-state index is -0.819. The number of amides is 1. The quantitative estimate of drug-likeness (QED) is 0.336. The normalized spacial score (nSPS) is 18.6. The summed E-state index contributed by atoms with van der Waals surface area (Å²) in [6.45, 7) is 3.95. The number of carbonyl (C=O) groups excluding carboxylic acids is 2. The SMILES string of the molecule is CC(C)Oc1ccc(C2/C(=C(/O)c3ccc4c(c3)OCO4)C(=O)C(=O)N2c2ccccc2)cc1. The Hall–Kier alpha value is -4.26. The van der Waals surface area contributed by atoms with Crippen LogP contribution in [0.15, 0.2) is 78.4 Å². The van der Waals surface area contributed by atoms with Crippen LogP contribution < -0.4 is 19.1 Å². The average molecular weight is 457 g/mol. The van der Waals surface area contributed by atoms with Gasteiger partial charge in [0.05, 0.1) is 17.7 Å². The largest absolute Gasteiger partial charge is 0.507 e. The molecule has 0 bridgehead atoms. The molecule has 0 radical (unpaired) electrons. The topological polar surface area (TPSA) is 85.3 Å². The number of fused-ring (bicyclic) bond motifs is 1. The van der Waals surface area contributed by atoms with Crippen molar-refractivity contribution in [3.8, 4) is 17.2 Å². The molecule has 7 heteroatoms. The molecule has 5 rings (SSSR count). The van der Waals surface area contributed by atoms with Crippen LogP contribution in [0.1, 0.15) is 31.0 Å². The number of para-hydroxylation sites is 1. The van der Waals surface area contributed by atoms with E-state index in [0.717, 1.165) is 0 Å². The van der Waals surface area contributed by atoms with Crippen molar-refractivity contribution < 1.29 is 28.9 Å². The Morgan fingerprint density at radius 2 is 1.68 bits per heavy atom. The molecular formula is C27H23NO6. The molecule has 2 heterocycles. The number of Topliss-reactive ketones (excluding diaryl/α,β-unsaturated/α-hetero) is 1. The number of carbonyl (C=O) groups is 2. The summed E-state index contributed by atoms with van der Waals surface area (Å²) in [5, 5.41) is 11.3. The predicted octanol–water partition coefficient (Wildman–Crippen LogP) is 4.83. The number of anilines is 1. The maximum Gasteiger partial charge on any atom is 0.300 e. The Morgan fingerprint density at radius 1 is 0.971 bits per heavy atom. The van der Waals surface area contributed by atoms with Crippen LogP contribution in [0.5, 0.6) is 17.2 Å². The van der Waals surface area contributed by atoms with Gasteiger partial charge in [-0.05, 0) is 61.9 Å². The Labute approximate surface area is 196 Å². The second-order valence-electron chi connectivity index (χ2n) is 8.31. The predicted molar refractivity (Wildman–Crippen MR) is 126 cm³/mol. The van der Waals surface area contributed by atoms with Crippen molar-refractivity contribution in [3.63, 3.8) is 0 Å². The van der Waals surface area contributed by atoms with Gasteiger partial charge in [0.1, 0.15) is 11.5 Å². The number of benzene rings is 3. The minimum absolute atomic E-state index is 0.00486. The average Bonchev–Trinajstić information content (AvgIpc) is 3.41. The second-order valence-corrected chi connectivity index (χ2v) is 8.31. The van der Waals surface area contributed by atoms with Crippen molar-refractivity contribution in [1.82, 2.24) is 0 Å². The van der Waals surface area contributed by atoms with Crippen LogP contribution in [0.4, 0.5) is 5.69 Å². The van der Waals surface area contributed by atoms with Crippen LogP contribution in [0.3, 0.4) is 0 Å². The molecule has 1 fully saturated rings. The zero-order chi connectivity index (χ0) is 23.8. The lowest BCUT2D eigenvalue weighted by atomic mass is 9.95. The molecule has 2 aliphatic heterocycles. The zero-order valence-corrected chi connectivity index (χ0v) is 18.7. The molecule has 0 saturated carbocycles. The van der Waals surface area contributed by atoms with E-state index in [0.29, 0.717) is 34.1 Å². The first-order chi connectivity index (χ1) is 16.4. The van der Waals surface area contributed by atoms with E-state index in [1.165, 1.54) is 4.90 Å². The van der Waals surface area contributed by atoms with Crippen molar-refractivity contribution in [2.24, 2.45) is 0 Å². The van der Waals surface area contributed by atoms with E-state index in [2.05, 4.69) is 0 Å². The van der Waals surface area contributed by atoms with Gasteiger partial charge in [-0.15, -0.1) is 0 Å². The standard InChI is InChI=1S/C27H23NO6/c1-16(2)34-20-11-8-17(9-12-20)24-23(25(29)18-10-13-21-22(14-18)33-15-32-21)26(30)27(31)28(24)19-6-4-3-5-7-19/h3-14,16,24,29H,15H2,1-2H3/b25-23-. The number of hydrogen-bond donors (Lipinski definition) is 1. The Kier molecular flexibility index (Phi) is 5.45. The summed E-state index contributed by atoms with van der Waals surface area (Å²) in [5.74, 6) is -0.0482. The summed E-state index contributed by atoms with van der Waals surface area (Å²) in [6, 6.07) is 20.2. The molecule has 3 aromatic rings. The molecule has 2 aliphatic rings. The molecule has 0 aromatic heterocycles. The number of ketones is 1. The van der Waals surface area contributed by atoms with E-state index in [-0.39, 0.29) is 24.2 Å². The number of aliphatic hydroxyl groups is 1. The van der Waals surface area contributed by atoms with Gasteiger partial charge in [0, 0.05) is 11.3 Å². The van der Waals surface area contributed by atoms with Gasteiger partial charge in [0.15, 0.2) is 11.5 Å². The third-order valence-electron chi connectivity index (χ3n) is 5.69. The summed E-state index contributed by atoms with van der Waals surface area (Å²) in [7, 11) is 0. The van der Waals surface area contributed by atoms with E-state index in [1.54, 1.807) is 66.7 Å². The molecule has 34 heavy (non-hydrogen) atoms. The maximum absolute atomic E-state index is 13.2. The number of hydrogen-bond acceptors (Lipinski definition) is 6. The minimum Gasteiger partial charge on any atom is -0.507 e. The van der Waals surface area contributed by atoms with E-state index in [1.807, 2.05) is 19.9 Å². The van der Waals surface area contributed by atoms with Gasteiger partial charge in [-0.2, -0.15) is 0 Å². The zero-order valence-electron chi connectivity index (χ0n) is 18.7. The maximum atomic E-state index is 13.2. The van der Waals surface area contributed by atoms with Crippen molar-refractivity contribution in [2.75, 3.05) is 11.7 Å². The van der Waals surface area contributed by atoms with Crippen molar-refractivity contribution in [2.45, 2.75) is 26.0 Å². The van der Waals surface area contributed by atoms with Gasteiger partial charge in [-0.3, -0.25) is 14.5 Å². The first kappa shape index (κ1) is 21.6. The lowest BCUT2D eigenvalue weighted by Crippen LogP contribution is -2.29. The fraction of sp³-hybridized carbons (Fsp3) is 0.185. The molecule has 0 spiro atoms. The van der Waals surface area contributed by atoms with Gasteiger partial charge in [-0.1, -0.05) is 30.3 Å². The van der Waals surface area contributed by atoms with E-state index >= 15 is 0 Å². The summed E-state index contributed by atoms with van der Waals surface area (Å²) in [5.41, 5.74) is 1.59. The number of nitrogens with zero attached hydrogens (tertiary/aromatic N) is 1. The highest BCUT2D eigenvalue weighted by Crippen LogP contribution is 2.43. The van der Waals surface area contributed by atoms with Crippen molar-refractivity contribution >= 4 is 23.1 Å². The first-order valence-corrected chi connectivity index (χ1v) is 11.0. The molecule has 7 nitrogen and oxygen atoms in total. The summed E-state index contributed by atoms with van der Waals surface area (Å²) < 4.78 is 16.5. The molecular weight excluding hydrogens is 434 g/mol. The second kappa shape index (κ2) is 8.59. The summed E-state index contributed by atoms with van der Waals surface area (Å²) >= 11 is 0. The highest BCUT2D eigenvalue weighted by atomic mass is 16.7. The van der Waals surface area contributed by atoms with E-state index in [4.69, 9.17) is 14.2 Å². The van der Waals surface area contributed by atoms with Gasteiger partial charge < -0.3 is 19.3 Å². The lowest BCUT2D eigenvalue weighted by Gasteiger charge is -2.25. The molecule has 1 atom stereocenters. The van der Waals surface area contributed by atoms with Crippen LogP contribution in [0.2, 0.25) is 0 Å². The van der Waals surface area contributed by atoms with E-state index < -0.39 is 17.7 Å². The van der Waals surface area contributed by atoms with Gasteiger partial charge in [-0.25, -0.2) is 0 Å². The van der Waals surface area contributed by atoms with Crippen LogP contribution >= 0.6 is 0 Å². The fourth-order valence-electron chi connectivity index (χ4n) is 4.20. The van der Waals surface area contributed by atoms with Crippen LogP contribution in [0, 0.1) is 0 Å². The summed E-state index contributed by atoms with van der Waals surface area (Å²) in [6.07, 6.45) is 0.00631. The van der Waals surface area contributed by atoms with Gasteiger partial charge in [0.2, 0.25) is 6.79 Å². The van der Waals surface area contributed by atoms with Crippen LogP contribution in [0.25, 0.3) is 5.76 Å². The first-order valence-electron chi connectivity index (χ1n) is 11.0. The Morgan fingerprint density at radius 3 is 2.38 bits per heavy atom. The highest BCUT2D eigenvalue weighted by Gasteiger charge is 2.47. The number of aliphatic hydroxyl groups excluding tert-OH is 1. The Balaban J connectivity index is 1.65. The molecule has 172 valence electrons. The molecule has 1 amide bonds. The van der Waals surface area contributed by atoms with E-state index in [9.17, 15) is 14.7 Å². The smallest absolute Gasteiger partial charge is 0.300 e. The van der Waals surface area contributed by atoms with Crippen LogP contribution in [-0.2, 0) is 9.59 Å². The third-order valence-corrected chi connectivity index (χ3v) is 5.69. The van der Waals surface area contributed by atoms with Gasteiger partial charge in [0.25, 0.3) is 11.7 Å². The monoisotopic (exact) mass is 457 g/mol. The number of ether oxygens (including phenoxy) is 3. The molecule has 1 saturated heterocycles. The summed E-state index contributed by atoms with van der Waals surface area (Å²) in [4.78, 5) is 27.9. The molecule has 1 unspecified atom stereocenters. The van der Waals surface area contributed by atoms with Crippen molar-refractivity contribution in [3.05, 3.63) is 89.5 Å². The molecule has 0 aliphatic carbocycles. The Bertz CT molecular complexity index is 1280. The van der Waals surface area contributed by atoms with Gasteiger partial charge >= 0.3 is 0 Å². The molecule has 1 N–H and O–H groups in total. The number of rotatable bonds is 5. The highest BCUT2D eigenvalue weighted by molar-refractivity contribution is 6.51. The fourth-order valence-corrected chi connectivity index (χ4v) is 4.20. The molecule has 3 aromatic carbocycles. The third kappa shape index (κ3) is 3.75.